The highest BCUT2D eigenvalue weighted by molar-refractivity contribution is 5.78. The van der Waals surface area contributed by atoms with E-state index < -0.39 is 0 Å². The largest absolute Gasteiger partial charge is 0.300 e. The van der Waals surface area contributed by atoms with Crippen molar-refractivity contribution < 1.29 is 4.79 Å². The van der Waals surface area contributed by atoms with Crippen molar-refractivity contribution in [3.05, 3.63) is 0 Å². The van der Waals surface area contributed by atoms with Crippen LogP contribution >= 0.6 is 0 Å². The van der Waals surface area contributed by atoms with E-state index >= 15 is 0 Å². The van der Waals surface area contributed by atoms with Gasteiger partial charge in [0.1, 0.15) is 5.78 Å². The summed E-state index contributed by atoms with van der Waals surface area (Å²) in [5, 5.41) is 8.28. The van der Waals surface area contributed by atoms with Crippen molar-refractivity contribution in [2.75, 3.05) is 0 Å². The summed E-state index contributed by atoms with van der Waals surface area (Å²) in [7, 11) is 0. The molecule has 1 atom stereocenters. The second-order valence-corrected chi connectivity index (χ2v) is 2.13. The zero-order valence-corrected chi connectivity index (χ0v) is 5.85. The molecule has 0 bridgehead atoms. The Kier molecular flexibility index (Phi) is 3.70. The van der Waals surface area contributed by atoms with Gasteiger partial charge in [0.05, 0.1) is 12.0 Å². The molecule has 0 unspecified atom stereocenters. The Morgan fingerprint density at radius 2 is 2.33 bits per heavy atom. The van der Waals surface area contributed by atoms with E-state index in [1.165, 1.54) is 0 Å². The van der Waals surface area contributed by atoms with Gasteiger partial charge in [0.15, 0.2) is 0 Å². The number of carbonyl (C=O) groups is 1. The van der Waals surface area contributed by atoms with Crippen molar-refractivity contribution in [1.82, 2.24) is 0 Å². The van der Waals surface area contributed by atoms with E-state index in [4.69, 9.17) is 5.26 Å². The Morgan fingerprint density at radius 3 is 2.67 bits per heavy atom. The average Bonchev–Trinajstić information content (AvgIpc) is 1.87. The first-order chi connectivity index (χ1) is 4.20. The van der Waals surface area contributed by atoms with Crippen LogP contribution in [0.3, 0.4) is 0 Å². The lowest BCUT2D eigenvalue weighted by Gasteiger charge is -1.96. The number of hydrogen-bond donors (Lipinski definition) is 0. The summed E-state index contributed by atoms with van der Waals surface area (Å²) in [5.74, 6) is 0.0569. The molecule has 0 amide bonds. The second-order valence-electron chi connectivity index (χ2n) is 2.13. The summed E-state index contributed by atoms with van der Waals surface area (Å²) in [6.07, 6.45) is 0.957. The van der Waals surface area contributed by atoms with E-state index in [9.17, 15) is 4.79 Å². The molecule has 9 heavy (non-hydrogen) atoms. The molecule has 0 spiro atoms. The number of nitrogens with zero attached hydrogens (tertiary/aromatic N) is 1. The van der Waals surface area contributed by atoms with Gasteiger partial charge in [0.25, 0.3) is 0 Å². The summed E-state index contributed by atoms with van der Waals surface area (Å²) in [6.45, 7) is 3.57. The van der Waals surface area contributed by atoms with Crippen LogP contribution in [0.5, 0.6) is 0 Å². The molecule has 0 N–H and O–H groups in total. The minimum Gasteiger partial charge on any atom is -0.300 e. The number of rotatable bonds is 3. The number of carbonyl (C=O) groups excluding carboxylic acids is 1. The normalized spacial score (nSPS) is 12.1. The quantitative estimate of drug-likeness (QED) is 0.573. The molecule has 0 saturated heterocycles. The van der Waals surface area contributed by atoms with Crippen LogP contribution in [0.25, 0.3) is 0 Å². The summed E-state index contributed by atoms with van der Waals surface area (Å²) in [4.78, 5) is 10.6. The predicted molar refractivity (Wildman–Crippen MR) is 34.7 cm³/mol. The van der Waals surface area contributed by atoms with Crippen molar-refractivity contribution >= 4 is 5.78 Å². The standard InChI is InChI=1S/C7H11NO/c1-3-7(9)4-6(2)5-8/h6H,3-4H2,1-2H3/t6-/m1/s1. The first kappa shape index (κ1) is 8.16. The van der Waals surface area contributed by atoms with Gasteiger partial charge in [-0.05, 0) is 6.92 Å². The Bertz CT molecular complexity index is 134. The van der Waals surface area contributed by atoms with Crippen LogP contribution in [0, 0.1) is 17.2 Å². The number of ketones is 1. The van der Waals surface area contributed by atoms with Gasteiger partial charge in [-0.2, -0.15) is 5.26 Å². The fraction of sp³-hybridized carbons (Fsp3) is 0.714. The fourth-order valence-electron chi connectivity index (χ4n) is 0.531. The maximum atomic E-state index is 10.6. The number of hydrogen-bond acceptors (Lipinski definition) is 2. The van der Waals surface area contributed by atoms with Crippen molar-refractivity contribution in [3.8, 4) is 6.07 Å². The van der Waals surface area contributed by atoms with Crippen molar-refractivity contribution in [2.45, 2.75) is 26.7 Å². The molecule has 0 aliphatic carbocycles. The molecule has 0 aliphatic heterocycles. The summed E-state index contributed by atoms with van der Waals surface area (Å²) >= 11 is 0. The van der Waals surface area contributed by atoms with Crippen LogP contribution < -0.4 is 0 Å². The Morgan fingerprint density at radius 1 is 1.78 bits per heavy atom. The minimum absolute atomic E-state index is 0.113. The molecule has 2 heteroatoms. The van der Waals surface area contributed by atoms with Gasteiger partial charge in [-0.1, -0.05) is 6.92 Å². The first-order valence-corrected chi connectivity index (χ1v) is 3.12. The van der Waals surface area contributed by atoms with Crippen LogP contribution in [0.2, 0.25) is 0 Å². The van der Waals surface area contributed by atoms with Crippen molar-refractivity contribution in [2.24, 2.45) is 5.92 Å². The van der Waals surface area contributed by atoms with Gasteiger partial charge in [-0.15, -0.1) is 0 Å². The molecule has 50 valence electrons. The lowest BCUT2D eigenvalue weighted by Crippen LogP contribution is -2.01. The number of nitriles is 1. The highest BCUT2D eigenvalue weighted by Crippen LogP contribution is 2.01. The first-order valence-electron chi connectivity index (χ1n) is 3.12. The van der Waals surface area contributed by atoms with Gasteiger partial charge >= 0.3 is 0 Å². The lowest BCUT2D eigenvalue weighted by molar-refractivity contribution is -0.119. The van der Waals surface area contributed by atoms with Crippen LogP contribution in [-0.4, -0.2) is 5.78 Å². The third kappa shape index (κ3) is 3.72. The summed E-state index contributed by atoms with van der Waals surface area (Å²) < 4.78 is 0. The van der Waals surface area contributed by atoms with E-state index in [1.807, 2.05) is 13.0 Å². The van der Waals surface area contributed by atoms with E-state index in [0.29, 0.717) is 12.8 Å². The summed E-state index contributed by atoms with van der Waals surface area (Å²) in [5.41, 5.74) is 0. The maximum absolute atomic E-state index is 10.6. The molecular weight excluding hydrogens is 114 g/mol. The van der Waals surface area contributed by atoms with E-state index in [2.05, 4.69) is 0 Å². The molecule has 2 nitrogen and oxygen atoms in total. The van der Waals surface area contributed by atoms with E-state index in [-0.39, 0.29) is 11.7 Å². The molecular formula is C7H11NO. The average molecular weight is 125 g/mol. The second kappa shape index (κ2) is 4.08. The maximum Gasteiger partial charge on any atom is 0.133 e. The molecule has 0 aromatic rings. The zero-order valence-electron chi connectivity index (χ0n) is 5.85. The predicted octanol–water partition coefficient (Wildman–Crippen LogP) is 1.52. The molecule has 0 saturated carbocycles. The van der Waals surface area contributed by atoms with Crippen LogP contribution in [0.1, 0.15) is 26.7 Å². The van der Waals surface area contributed by atoms with Crippen LogP contribution in [0.15, 0.2) is 0 Å². The van der Waals surface area contributed by atoms with Gasteiger partial charge in [-0.3, -0.25) is 4.79 Å². The highest BCUT2D eigenvalue weighted by atomic mass is 16.1. The van der Waals surface area contributed by atoms with Gasteiger partial charge < -0.3 is 0 Å². The lowest BCUT2D eigenvalue weighted by atomic mass is 10.1. The van der Waals surface area contributed by atoms with Crippen LogP contribution in [-0.2, 0) is 4.79 Å². The molecule has 0 heterocycles. The molecule has 0 aromatic carbocycles. The number of Topliss-reactive ketones (excluding diaryl/α,β-unsaturated/α-hetero) is 1. The Labute approximate surface area is 55.5 Å². The summed E-state index contributed by atoms with van der Waals surface area (Å²) in [6, 6.07) is 2.01. The highest BCUT2D eigenvalue weighted by Gasteiger charge is 2.04. The Hall–Kier alpha value is -0.840. The van der Waals surface area contributed by atoms with E-state index in [0.717, 1.165) is 0 Å². The zero-order chi connectivity index (χ0) is 7.28. The van der Waals surface area contributed by atoms with E-state index in [1.54, 1.807) is 6.92 Å². The molecule has 0 aromatic heterocycles. The van der Waals surface area contributed by atoms with Gasteiger partial charge in [0.2, 0.25) is 0 Å². The van der Waals surface area contributed by atoms with Crippen LogP contribution in [0.4, 0.5) is 0 Å². The fourth-order valence-corrected chi connectivity index (χ4v) is 0.531. The van der Waals surface area contributed by atoms with Gasteiger partial charge in [0, 0.05) is 12.8 Å². The molecule has 0 rings (SSSR count). The smallest absolute Gasteiger partial charge is 0.133 e. The molecule has 0 fully saturated rings. The Balaban J connectivity index is 3.50. The van der Waals surface area contributed by atoms with Crippen molar-refractivity contribution in [3.63, 3.8) is 0 Å². The SMILES string of the molecule is CCC(=O)C[C@@H](C)C#N. The van der Waals surface area contributed by atoms with Gasteiger partial charge in [-0.25, -0.2) is 0 Å². The van der Waals surface area contributed by atoms with Crippen molar-refractivity contribution in [1.29, 1.82) is 5.26 Å². The topological polar surface area (TPSA) is 40.9 Å². The monoisotopic (exact) mass is 125 g/mol. The molecule has 0 aliphatic rings. The third-order valence-corrected chi connectivity index (χ3v) is 1.15. The third-order valence-electron chi connectivity index (χ3n) is 1.15. The minimum atomic E-state index is -0.113. The molecule has 0 radical (unpaired) electrons.